The van der Waals surface area contributed by atoms with Gasteiger partial charge < -0.3 is 10.2 Å². The van der Waals surface area contributed by atoms with Crippen LogP contribution >= 0.6 is 0 Å². The summed E-state index contributed by atoms with van der Waals surface area (Å²) < 4.78 is 27.9. The number of nitrogens with zero attached hydrogens (tertiary/aromatic N) is 1. The Morgan fingerprint density at radius 2 is 1.53 bits per heavy atom. The molecule has 0 aliphatic rings. The normalized spacial score (nSPS) is 11.1. The van der Waals surface area contributed by atoms with Crippen LogP contribution in [-0.2, 0) is 16.6 Å². The molecule has 32 heavy (non-hydrogen) atoms. The lowest BCUT2D eigenvalue weighted by atomic mass is 10.1. The van der Waals surface area contributed by atoms with E-state index in [0.717, 1.165) is 24.3 Å². The summed E-state index contributed by atoms with van der Waals surface area (Å²) in [7, 11) is -3.73. The maximum atomic E-state index is 12.8. The van der Waals surface area contributed by atoms with E-state index in [1.807, 2.05) is 12.1 Å². The summed E-state index contributed by atoms with van der Waals surface area (Å²) in [5.41, 5.74) is 3.52. The molecule has 168 valence electrons. The van der Waals surface area contributed by atoms with E-state index in [1.165, 1.54) is 12.1 Å². The van der Waals surface area contributed by atoms with Gasteiger partial charge in [0.2, 0.25) is 0 Å². The van der Waals surface area contributed by atoms with Gasteiger partial charge in [-0.05, 0) is 68.3 Å². The third kappa shape index (κ3) is 5.48. The Morgan fingerprint density at radius 1 is 0.875 bits per heavy atom. The number of anilines is 2. The Morgan fingerprint density at radius 3 is 2.16 bits per heavy atom. The summed E-state index contributed by atoms with van der Waals surface area (Å²) in [6.07, 6.45) is 0. The van der Waals surface area contributed by atoms with Gasteiger partial charge in [-0.25, -0.2) is 8.42 Å². The summed E-state index contributed by atoms with van der Waals surface area (Å²) in [4.78, 5) is 15.2. The lowest BCUT2D eigenvalue weighted by molar-refractivity contribution is 0.0950. The largest absolute Gasteiger partial charge is 0.372 e. The fourth-order valence-corrected chi connectivity index (χ4v) is 4.63. The lowest BCUT2D eigenvalue weighted by Gasteiger charge is -2.21. The molecule has 0 fully saturated rings. The van der Waals surface area contributed by atoms with Crippen molar-refractivity contribution in [1.29, 1.82) is 0 Å². The van der Waals surface area contributed by atoms with Gasteiger partial charge in [0.25, 0.3) is 15.9 Å². The van der Waals surface area contributed by atoms with Crippen LogP contribution in [0.4, 0.5) is 11.4 Å². The van der Waals surface area contributed by atoms with E-state index in [9.17, 15) is 13.2 Å². The Kier molecular flexibility index (Phi) is 7.53. The zero-order valence-electron chi connectivity index (χ0n) is 18.6. The quantitative estimate of drug-likeness (QED) is 0.499. The minimum atomic E-state index is -3.73. The van der Waals surface area contributed by atoms with E-state index < -0.39 is 10.0 Å². The standard InChI is InChI=1S/C25H29N3O3S/c1-4-28(5-2)21-16-14-20(15-17-21)18-26-25(29)23-12-9-13-24(19(23)3)27-32(30,31)22-10-7-6-8-11-22/h6-17,27H,4-5,18H2,1-3H3,(H,26,29). The van der Waals surface area contributed by atoms with Crippen molar-refractivity contribution < 1.29 is 13.2 Å². The summed E-state index contributed by atoms with van der Waals surface area (Å²) in [5, 5.41) is 2.92. The first kappa shape index (κ1) is 23.3. The van der Waals surface area contributed by atoms with E-state index in [2.05, 4.69) is 40.9 Å². The molecule has 3 rings (SSSR count). The number of carbonyl (C=O) groups excluding carboxylic acids is 1. The summed E-state index contributed by atoms with van der Waals surface area (Å²) in [6.45, 7) is 8.24. The van der Waals surface area contributed by atoms with Crippen molar-refractivity contribution in [2.75, 3.05) is 22.7 Å². The van der Waals surface area contributed by atoms with E-state index in [1.54, 1.807) is 43.3 Å². The molecule has 0 saturated heterocycles. The first-order chi connectivity index (χ1) is 15.4. The van der Waals surface area contributed by atoms with E-state index in [4.69, 9.17) is 0 Å². The number of benzene rings is 3. The van der Waals surface area contributed by atoms with Crippen molar-refractivity contribution in [3.63, 3.8) is 0 Å². The number of sulfonamides is 1. The zero-order chi connectivity index (χ0) is 23.1. The molecule has 0 aliphatic carbocycles. The SMILES string of the molecule is CCN(CC)c1ccc(CNC(=O)c2cccc(NS(=O)(=O)c3ccccc3)c2C)cc1. The second kappa shape index (κ2) is 10.3. The van der Waals surface area contributed by atoms with Gasteiger partial charge in [-0.1, -0.05) is 36.4 Å². The molecule has 0 radical (unpaired) electrons. The number of nitrogens with one attached hydrogen (secondary N) is 2. The number of hydrogen-bond donors (Lipinski definition) is 2. The Bertz CT molecular complexity index is 1160. The topological polar surface area (TPSA) is 78.5 Å². The van der Waals surface area contributed by atoms with Gasteiger partial charge in [0, 0.05) is 30.9 Å². The molecule has 6 nitrogen and oxygen atoms in total. The molecule has 1 amide bonds. The molecule has 0 saturated carbocycles. The highest BCUT2D eigenvalue weighted by Crippen LogP contribution is 2.23. The Balaban J connectivity index is 1.70. The predicted molar refractivity (Wildman–Crippen MR) is 130 cm³/mol. The molecule has 7 heteroatoms. The first-order valence-electron chi connectivity index (χ1n) is 10.6. The smallest absolute Gasteiger partial charge is 0.261 e. The molecule has 0 heterocycles. The molecule has 3 aromatic rings. The monoisotopic (exact) mass is 451 g/mol. The van der Waals surface area contributed by atoms with Gasteiger partial charge in [-0.15, -0.1) is 0 Å². The van der Waals surface area contributed by atoms with Crippen LogP contribution in [-0.4, -0.2) is 27.4 Å². The summed E-state index contributed by atoms with van der Waals surface area (Å²) >= 11 is 0. The minimum absolute atomic E-state index is 0.169. The van der Waals surface area contributed by atoms with Gasteiger partial charge in [0.05, 0.1) is 10.6 Å². The maximum Gasteiger partial charge on any atom is 0.261 e. The molecular weight excluding hydrogens is 422 g/mol. The molecule has 0 aromatic heterocycles. The molecule has 2 N–H and O–H groups in total. The van der Waals surface area contributed by atoms with E-state index in [0.29, 0.717) is 23.4 Å². The van der Waals surface area contributed by atoms with Crippen molar-refractivity contribution in [1.82, 2.24) is 5.32 Å². The van der Waals surface area contributed by atoms with Crippen molar-refractivity contribution >= 4 is 27.3 Å². The average molecular weight is 452 g/mol. The van der Waals surface area contributed by atoms with E-state index >= 15 is 0 Å². The molecule has 0 aliphatic heterocycles. The lowest BCUT2D eigenvalue weighted by Crippen LogP contribution is -2.24. The predicted octanol–water partition coefficient (Wildman–Crippen LogP) is 4.57. The molecule has 0 bridgehead atoms. The molecular formula is C25H29N3O3S. The fraction of sp³-hybridized carbons (Fsp3) is 0.240. The van der Waals surface area contributed by atoms with Crippen molar-refractivity contribution in [2.24, 2.45) is 0 Å². The van der Waals surface area contributed by atoms with Gasteiger partial charge in [-0.2, -0.15) is 0 Å². The highest BCUT2D eigenvalue weighted by molar-refractivity contribution is 7.92. The van der Waals surface area contributed by atoms with Gasteiger partial charge in [-0.3, -0.25) is 9.52 Å². The molecule has 0 atom stereocenters. The number of rotatable bonds is 9. The highest BCUT2D eigenvalue weighted by atomic mass is 32.2. The van der Waals surface area contributed by atoms with Gasteiger partial charge >= 0.3 is 0 Å². The van der Waals surface area contributed by atoms with Crippen LogP contribution in [0, 0.1) is 6.92 Å². The van der Waals surface area contributed by atoms with Crippen molar-refractivity contribution in [3.05, 3.63) is 89.5 Å². The third-order valence-corrected chi connectivity index (χ3v) is 6.78. The third-order valence-electron chi connectivity index (χ3n) is 5.39. The van der Waals surface area contributed by atoms with Gasteiger partial charge in [0.15, 0.2) is 0 Å². The van der Waals surface area contributed by atoms with Crippen LogP contribution in [0.2, 0.25) is 0 Å². The van der Waals surface area contributed by atoms with Crippen LogP contribution < -0.4 is 14.9 Å². The Labute approximate surface area is 190 Å². The van der Waals surface area contributed by atoms with Crippen LogP contribution in [0.5, 0.6) is 0 Å². The van der Waals surface area contributed by atoms with Crippen molar-refractivity contribution in [3.8, 4) is 0 Å². The number of amides is 1. The second-order valence-corrected chi connectivity index (χ2v) is 9.10. The van der Waals surface area contributed by atoms with Crippen molar-refractivity contribution in [2.45, 2.75) is 32.2 Å². The molecule has 0 unspecified atom stereocenters. The van der Waals surface area contributed by atoms with Crippen LogP contribution in [0.1, 0.15) is 35.3 Å². The minimum Gasteiger partial charge on any atom is -0.372 e. The Hall–Kier alpha value is -3.32. The molecule has 3 aromatic carbocycles. The number of carbonyl (C=O) groups is 1. The van der Waals surface area contributed by atoms with Crippen LogP contribution in [0.25, 0.3) is 0 Å². The van der Waals surface area contributed by atoms with E-state index in [-0.39, 0.29) is 10.8 Å². The van der Waals surface area contributed by atoms with Crippen LogP contribution in [0.15, 0.2) is 77.7 Å². The average Bonchev–Trinajstić information content (AvgIpc) is 2.81. The second-order valence-electron chi connectivity index (χ2n) is 7.42. The van der Waals surface area contributed by atoms with Crippen LogP contribution in [0.3, 0.4) is 0 Å². The molecule has 0 spiro atoms. The van der Waals surface area contributed by atoms with Gasteiger partial charge in [0.1, 0.15) is 0 Å². The summed E-state index contributed by atoms with van der Waals surface area (Å²) in [6, 6.07) is 21.3. The zero-order valence-corrected chi connectivity index (χ0v) is 19.4. The fourth-order valence-electron chi connectivity index (χ4n) is 3.49. The maximum absolute atomic E-state index is 12.8. The highest BCUT2D eigenvalue weighted by Gasteiger charge is 2.17. The summed E-state index contributed by atoms with van der Waals surface area (Å²) in [5.74, 6) is -0.254. The first-order valence-corrected chi connectivity index (χ1v) is 12.1. The number of hydrogen-bond acceptors (Lipinski definition) is 4.